The van der Waals surface area contributed by atoms with Crippen molar-refractivity contribution in [2.75, 3.05) is 25.2 Å². The first kappa shape index (κ1) is 23.8. The van der Waals surface area contributed by atoms with E-state index in [2.05, 4.69) is 4.99 Å². The number of thiazole rings is 1. The second kappa shape index (κ2) is 9.90. The van der Waals surface area contributed by atoms with Crippen molar-refractivity contribution in [3.63, 3.8) is 0 Å². The fraction of sp³-hybridized carbons (Fsp3) is 0.391. The van der Waals surface area contributed by atoms with Crippen LogP contribution in [-0.2, 0) is 27.6 Å². The number of hydrogen-bond acceptors (Lipinski definition) is 7. The molecule has 0 aliphatic carbocycles. The molecule has 10 heteroatoms. The van der Waals surface area contributed by atoms with Crippen LogP contribution >= 0.6 is 23.1 Å². The van der Waals surface area contributed by atoms with Gasteiger partial charge >= 0.3 is 0 Å². The number of rotatable bonds is 7. The lowest BCUT2D eigenvalue weighted by atomic mass is 10.1. The minimum absolute atomic E-state index is 0.0987. The van der Waals surface area contributed by atoms with Crippen LogP contribution in [0.2, 0.25) is 0 Å². The van der Waals surface area contributed by atoms with Crippen LogP contribution in [0.25, 0.3) is 10.2 Å². The molecule has 0 bridgehead atoms. The quantitative estimate of drug-likeness (QED) is 0.486. The number of sulfone groups is 1. The van der Waals surface area contributed by atoms with E-state index in [0.29, 0.717) is 36.1 Å². The SMILES string of the molecule is CSCCn1c(=NC(=O)Cc2ccc(S(=O)(=O)C(C)C)cc2)sc2cc3c(cc21)OCCO3. The third kappa shape index (κ3) is 5.12. The van der Waals surface area contributed by atoms with Gasteiger partial charge in [-0.1, -0.05) is 23.5 Å². The molecule has 1 aliphatic rings. The van der Waals surface area contributed by atoms with E-state index in [1.165, 1.54) is 11.3 Å². The maximum Gasteiger partial charge on any atom is 0.252 e. The topological polar surface area (TPSA) is 87.0 Å². The fourth-order valence-electron chi connectivity index (χ4n) is 3.48. The lowest BCUT2D eigenvalue weighted by Crippen LogP contribution is -2.19. The summed E-state index contributed by atoms with van der Waals surface area (Å²) < 4.78 is 39.1. The van der Waals surface area contributed by atoms with Crippen molar-refractivity contribution in [3.05, 3.63) is 46.8 Å². The summed E-state index contributed by atoms with van der Waals surface area (Å²) in [4.78, 5) is 18.1. The van der Waals surface area contributed by atoms with Crippen molar-refractivity contribution in [2.45, 2.75) is 37.0 Å². The molecule has 7 nitrogen and oxygen atoms in total. The molecule has 4 rings (SSSR count). The molecule has 0 atom stereocenters. The Balaban J connectivity index is 1.64. The molecular formula is C23H26N2O5S3. The van der Waals surface area contributed by atoms with Gasteiger partial charge in [0.15, 0.2) is 26.1 Å². The Morgan fingerprint density at radius 3 is 2.45 bits per heavy atom. The smallest absolute Gasteiger partial charge is 0.252 e. The largest absolute Gasteiger partial charge is 0.486 e. The Bertz CT molecular complexity index is 1340. The zero-order valence-electron chi connectivity index (χ0n) is 18.7. The van der Waals surface area contributed by atoms with Gasteiger partial charge in [-0.25, -0.2) is 8.42 Å². The Labute approximate surface area is 201 Å². The van der Waals surface area contributed by atoms with Crippen molar-refractivity contribution < 1.29 is 22.7 Å². The number of aryl methyl sites for hydroxylation is 1. The monoisotopic (exact) mass is 506 g/mol. The molecule has 0 saturated carbocycles. The molecule has 0 N–H and O–H groups in total. The average Bonchev–Trinajstić information content (AvgIpc) is 3.11. The molecule has 0 radical (unpaired) electrons. The third-order valence-electron chi connectivity index (χ3n) is 5.31. The zero-order valence-corrected chi connectivity index (χ0v) is 21.2. The molecule has 33 heavy (non-hydrogen) atoms. The normalized spacial score (nSPS) is 14.2. The van der Waals surface area contributed by atoms with Gasteiger partial charge in [-0.3, -0.25) is 4.79 Å². The summed E-state index contributed by atoms with van der Waals surface area (Å²) in [6.45, 7) is 5.05. The van der Waals surface area contributed by atoms with Crippen molar-refractivity contribution in [2.24, 2.45) is 4.99 Å². The van der Waals surface area contributed by atoms with E-state index in [0.717, 1.165) is 21.5 Å². The van der Waals surface area contributed by atoms with E-state index < -0.39 is 15.1 Å². The molecule has 1 aliphatic heterocycles. The van der Waals surface area contributed by atoms with Crippen molar-refractivity contribution in [3.8, 4) is 11.5 Å². The standard InChI is InChI=1S/C23H26N2O5S3/c1-15(2)33(27,28)17-6-4-16(5-7-17)12-22(26)24-23-25(8-11-31-3)18-13-19-20(14-21(18)32-23)30-10-9-29-19/h4-7,13-15H,8-12H2,1-3H3. The van der Waals surface area contributed by atoms with Crippen LogP contribution in [0.5, 0.6) is 11.5 Å². The molecule has 3 aromatic rings. The highest BCUT2D eigenvalue weighted by Crippen LogP contribution is 2.35. The second-order valence-corrected chi connectivity index (χ2v) is 12.4. The minimum atomic E-state index is -3.34. The number of benzene rings is 2. The predicted octanol–water partition coefficient (Wildman–Crippen LogP) is 3.69. The molecule has 1 amide bonds. The van der Waals surface area contributed by atoms with Crippen molar-refractivity contribution in [1.82, 2.24) is 4.57 Å². The molecule has 2 aromatic carbocycles. The Morgan fingerprint density at radius 1 is 1.15 bits per heavy atom. The predicted molar refractivity (Wildman–Crippen MR) is 132 cm³/mol. The van der Waals surface area contributed by atoms with Crippen LogP contribution in [0.4, 0.5) is 0 Å². The van der Waals surface area contributed by atoms with Crippen LogP contribution in [0, 0.1) is 0 Å². The molecule has 0 fully saturated rings. The van der Waals surface area contributed by atoms with Gasteiger partial charge in [0.2, 0.25) is 0 Å². The zero-order chi connectivity index (χ0) is 23.6. The summed E-state index contributed by atoms with van der Waals surface area (Å²) in [5, 5.41) is -0.494. The number of nitrogens with zero attached hydrogens (tertiary/aromatic N) is 2. The average molecular weight is 507 g/mol. The van der Waals surface area contributed by atoms with Crippen LogP contribution < -0.4 is 14.3 Å². The van der Waals surface area contributed by atoms with E-state index in [-0.39, 0.29) is 17.2 Å². The van der Waals surface area contributed by atoms with Gasteiger partial charge in [0.1, 0.15) is 13.2 Å². The number of carbonyl (C=O) groups is 1. The summed E-state index contributed by atoms with van der Waals surface area (Å²) in [6, 6.07) is 10.4. The number of carbonyl (C=O) groups excluding carboxylic acids is 1. The maximum absolute atomic E-state index is 12.8. The second-order valence-electron chi connectivity index (χ2n) is 7.91. The van der Waals surface area contributed by atoms with Gasteiger partial charge in [0.25, 0.3) is 5.91 Å². The number of fused-ring (bicyclic) bond motifs is 2. The molecule has 2 heterocycles. The summed E-state index contributed by atoms with van der Waals surface area (Å²) >= 11 is 3.17. The van der Waals surface area contributed by atoms with Gasteiger partial charge in [0, 0.05) is 24.4 Å². The molecular weight excluding hydrogens is 480 g/mol. The Hall–Kier alpha value is -2.30. The molecule has 0 unspecified atom stereocenters. The maximum atomic E-state index is 12.8. The molecule has 176 valence electrons. The van der Waals surface area contributed by atoms with Crippen molar-refractivity contribution >= 4 is 49.1 Å². The third-order valence-corrected chi connectivity index (χ3v) is 9.12. The Morgan fingerprint density at radius 2 is 1.82 bits per heavy atom. The van der Waals surface area contributed by atoms with E-state index >= 15 is 0 Å². The van der Waals surface area contributed by atoms with Crippen LogP contribution in [-0.4, -0.2) is 49.4 Å². The van der Waals surface area contributed by atoms with Gasteiger partial charge in [-0.05, 0) is 37.8 Å². The van der Waals surface area contributed by atoms with Gasteiger partial charge in [-0.2, -0.15) is 16.8 Å². The summed E-state index contributed by atoms with van der Waals surface area (Å²) in [5.41, 5.74) is 1.69. The highest BCUT2D eigenvalue weighted by molar-refractivity contribution is 7.98. The first-order valence-electron chi connectivity index (χ1n) is 10.6. The lowest BCUT2D eigenvalue weighted by molar-refractivity contribution is -0.117. The van der Waals surface area contributed by atoms with Gasteiger partial charge < -0.3 is 14.0 Å². The van der Waals surface area contributed by atoms with E-state index in [4.69, 9.17) is 9.47 Å². The fourth-order valence-corrected chi connectivity index (χ4v) is 5.99. The van der Waals surface area contributed by atoms with E-state index in [9.17, 15) is 13.2 Å². The number of hydrogen-bond donors (Lipinski definition) is 0. The molecule has 0 spiro atoms. The number of ether oxygens (including phenoxy) is 2. The minimum Gasteiger partial charge on any atom is -0.486 e. The van der Waals surface area contributed by atoms with Crippen LogP contribution in [0.1, 0.15) is 19.4 Å². The lowest BCUT2D eigenvalue weighted by Gasteiger charge is -2.18. The number of amides is 1. The first-order chi connectivity index (χ1) is 15.8. The summed E-state index contributed by atoms with van der Waals surface area (Å²) in [6.07, 6.45) is 2.14. The number of aromatic nitrogens is 1. The van der Waals surface area contributed by atoms with E-state index in [1.807, 2.05) is 23.0 Å². The van der Waals surface area contributed by atoms with Crippen LogP contribution in [0.15, 0.2) is 46.3 Å². The highest BCUT2D eigenvalue weighted by Gasteiger charge is 2.19. The van der Waals surface area contributed by atoms with Crippen LogP contribution in [0.3, 0.4) is 0 Å². The molecule has 1 aromatic heterocycles. The summed E-state index contributed by atoms with van der Waals surface area (Å²) in [7, 11) is -3.34. The van der Waals surface area contributed by atoms with E-state index in [1.54, 1.807) is 49.9 Å². The highest BCUT2D eigenvalue weighted by atomic mass is 32.2. The number of thioether (sulfide) groups is 1. The summed E-state index contributed by atoms with van der Waals surface area (Å²) in [5.74, 6) is 2.02. The van der Waals surface area contributed by atoms with Crippen molar-refractivity contribution in [1.29, 1.82) is 0 Å². The van der Waals surface area contributed by atoms with Gasteiger partial charge in [0.05, 0.1) is 26.8 Å². The molecule has 0 saturated heterocycles. The Kier molecular flexibility index (Phi) is 7.16. The van der Waals surface area contributed by atoms with Gasteiger partial charge in [-0.15, -0.1) is 0 Å². The first-order valence-corrected chi connectivity index (χ1v) is 14.4.